The van der Waals surface area contributed by atoms with Crippen LogP contribution in [0, 0.1) is 23.7 Å². The molecule has 4 atom stereocenters. The Kier molecular flexibility index (Phi) is 10.7. The highest BCUT2D eigenvalue weighted by Crippen LogP contribution is 2.35. The fourth-order valence-electron chi connectivity index (χ4n) is 4.18. The molecular formula is C24H38N4O5. The Morgan fingerprint density at radius 2 is 2.03 bits per heavy atom. The molecular weight excluding hydrogens is 424 g/mol. The summed E-state index contributed by atoms with van der Waals surface area (Å²) in [5.41, 5.74) is 10.2. The van der Waals surface area contributed by atoms with Gasteiger partial charge in [-0.3, -0.25) is 4.79 Å². The Balaban J connectivity index is 2.14. The van der Waals surface area contributed by atoms with Gasteiger partial charge in [-0.25, -0.2) is 4.98 Å². The van der Waals surface area contributed by atoms with Gasteiger partial charge < -0.3 is 18.9 Å². The molecule has 184 valence electrons. The van der Waals surface area contributed by atoms with E-state index >= 15 is 0 Å². The fourth-order valence-corrected chi connectivity index (χ4v) is 4.18. The summed E-state index contributed by atoms with van der Waals surface area (Å²) in [5.74, 6) is 1.44. The first-order chi connectivity index (χ1) is 15.8. The van der Waals surface area contributed by atoms with Crippen LogP contribution in [0.25, 0.3) is 10.4 Å². The van der Waals surface area contributed by atoms with Crippen molar-refractivity contribution in [2.45, 2.75) is 65.5 Å². The second kappa shape index (κ2) is 13.3. The number of methoxy groups -OCH3 is 2. The van der Waals surface area contributed by atoms with Gasteiger partial charge in [-0.2, -0.15) is 0 Å². The highest BCUT2D eigenvalue weighted by Gasteiger charge is 2.40. The number of hydrogen-bond donors (Lipinski definition) is 0. The molecule has 1 aliphatic rings. The zero-order chi connectivity index (χ0) is 24.4. The lowest BCUT2D eigenvalue weighted by molar-refractivity contribution is -0.145. The number of nitrogens with zero attached hydrogens (tertiary/aromatic N) is 4. The molecule has 0 amide bonds. The Morgan fingerprint density at radius 3 is 2.61 bits per heavy atom. The Morgan fingerprint density at radius 1 is 1.27 bits per heavy atom. The second-order valence-electron chi connectivity index (χ2n) is 9.32. The number of aromatic nitrogens is 1. The van der Waals surface area contributed by atoms with Gasteiger partial charge in [0.1, 0.15) is 6.10 Å². The molecule has 0 N–H and O–H groups in total. The van der Waals surface area contributed by atoms with Crippen molar-refractivity contribution in [1.82, 2.24) is 4.98 Å². The van der Waals surface area contributed by atoms with Crippen molar-refractivity contribution in [1.29, 1.82) is 0 Å². The smallest absolute Gasteiger partial charge is 0.309 e. The summed E-state index contributed by atoms with van der Waals surface area (Å²) in [6, 6.07) is 1.56. The molecule has 0 saturated carbocycles. The first-order valence-corrected chi connectivity index (χ1v) is 11.7. The average molecular weight is 463 g/mol. The number of esters is 1. The third-order valence-electron chi connectivity index (χ3n) is 6.29. The summed E-state index contributed by atoms with van der Waals surface area (Å²) in [6.07, 6.45) is 4.13. The van der Waals surface area contributed by atoms with Crippen LogP contribution in [-0.2, 0) is 20.7 Å². The summed E-state index contributed by atoms with van der Waals surface area (Å²) in [4.78, 5) is 19.7. The molecule has 2 heterocycles. The molecule has 9 heteroatoms. The van der Waals surface area contributed by atoms with Crippen molar-refractivity contribution in [3.63, 3.8) is 0 Å². The topological polar surface area (TPSA) is 116 Å². The molecule has 1 saturated heterocycles. The minimum atomic E-state index is -0.397. The van der Waals surface area contributed by atoms with Crippen LogP contribution in [0.15, 0.2) is 17.4 Å². The maximum atomic E-state index is 12.3. The summed E-state index contributed by atoms with van der Waals surface area (Å²) in [5, 5.41) is 4.03. The van der Waals surface area contributed by atoms with Crippen molar-refractivity contribution in [2.24, 2.45) is 28.8 Å². The zero-order valence-electron chi connectivity index (χ0n) is 20.7. The predicted molar refractivity (Wildman–Crippen MR) is 125 cm³/mol. The molecule has 1 aromatic rings. The van der Waals surface area contributed by atoms with Crippen molar-refractivity contribution >= 4 is 5.97 Å². The molecule has 0 aliphatic carbocycles. The highest BCUT2D eigenvalue weighted by atomic mass is 16.6. The minimum absolute atomic E-state index is 0.146. The van der Waals surface area contributed by atoms with Gasteiger partial charge in [0.25, 0.3) is 5.88 Å². The molecule has 1 aromatic heterocycles. The van der Waals surface area contributed by atoms with Crippen LogP contribution in [0.2, 0.25) is 0 Å². The number of hydrogen-bond acceptors (Lipinski definition) is 7. The lowest BCUT2D eigenvalue weighted by Gasteiger charge is -2.27. The maximum absolute atomic E-state index is 12.3. The van der Waals surface area contributed by atoms with Gasteiger partial charge in [0.15, 0.2) is 5.75 Å². The molecule has 0 aromatic carbocycles. The summed E-state index contributed by atoms with van der Waals surface area (Å²) >= 11 is 0. The number of azide groups is 1. The first kappa shape index (κ1) is 26.7. The van der Waals surface area contributed by atoms with Crippen LogP contribution in [0.4, 0.5) is 0 Å². The molecule has 9 nitrogen and oxygen atoms in total. The third-order valence-corrected chi connectivity index (χ3v) is 6.29. The molecule has 33 heavy (non-hydrogen) atoms. The van der Waals surface area contributed by atoms with Gasteiger partial charge in [-0.1, -0.05) is 32.8 Å². The fraction of sp³-hybridized carbons (Fsp3) is 0.750. The molecule has 1 fully saturated rings. The standard InChI is InChI=1S/C24H38N4O5/c1-15(2)18(12-20(27-28-25)21-13-19(16(3)4)24(29)33-21)10-17-11-22(23(31-6)26-14-17)32-9-7-8-30-5/h11,14-16,18-21H,7-10,12-13H2,1-6H3/t18-,19-,20-,21-/m0/s1. The van der Waals surface area contributed by atoms with Gasteiger partial charge in [0.2, 0.25) is 0 Å². The van der Waals surface area contributed by atoms with E-state index in [4.69, 9.17) is 24.5 Å². The second-order valence-corrected chi connectivity index (χ2v) is 9.32. The lowest BCUT2D eigenvalue weighted by Crippen LogP contribution is -2.29. The quantitative estimate of drug-likeness (QED) is 0.127. The van der Waals surface area contributed by atoms with E-state index in [9.17, 15) is 4.79 Å². The summed E-state index contributed by atoms with van der Waals surface area (Å²) < 4.78 is 21.9. The largest absolute Gasteiger partial charge is 0.488 e. The number of pyridine rings is 1. The normalized spacial score (nSPS) is 19.8. The molecule has 0 spiro atoms. The SMILES string of the molecule is COCCCOc1cc(C[C@@H](C[C@H](N=[N+]=[N-])[C@@H]2C[C@@H](C(C)C)C(=O)O2)C(C)C)cnc1OC. The van der Waals surface area contributed by atoms with E-state index in [2.05, 4.69) is 28.9 Å². The van der Waals surface area contributed by atoms with Crippen LogP contribution >= 0.6 is 0 Å². The third kappa shape index (κ3) is 7.79. The Bertz CT molecular complexity index is 810. The van der Waals surface area contributed by atoms with Gasteiger partial charge in [0.05, 0.1) is 25.7 Å². The van der Waals surface area contributed by atoms with Gasteiger partial charge in [0, 0.05) is 31.2 Å². The van der Waals surface area contributed by atoms with Crippen LogP contribution in [0.5, 0.6) is 11.6 Å². The first-order valence-electron chi connectivity index (χ1n) is 11.7. The van der Waals surface area contributed by atoms with E-state index in [1.165, 1.54) is 0 Å². The van der Waals surface area contributed by atoms with Gasteiger partial charge in [-0.15, -0.1) is 0 Å². The molecule has 0 radical (unpaired) electrons. The monoisotopic (exact) mass is 462 g/mol. The van der Waals surface area contributed by atoms with E-state index in [0.29, 0.717) is 43.6 Å². The Labute approximate surface area is 196 Å². The lowest BCUT2D eigenvalue weighted by atomic mass is 9.82. The predicted octanol–water partition coefficient (Wildman–Crippen LogP) is 4.98. The molecule has 0 unspecified atom stereocenters. The van der Waals surface area contributed by atoms with E-state index in [1.54, 1.807) is 20.4 Å². The Hall–Kier alpha value is -2.51. The van der Waals surface area contributed by atoms with Crippen molar-refractivity contribution in [3.05, 3.63) is 28.3 Å². The van der Waals surface area contributed by atoms with E-state index in [-0.39, 0.29) is 29.8 Å². The summed E-state index contributed by atoms with van der Waals surface area (Å²) in [6.45, 7) is 9.45. The number of rotatable bonds is 14. The number of carbonyl (C=O) groups excluding carboxylic acids is 1. The van der Waals surface area contributed by atoms with E-state index in [1.807, 2.05) is 19.9 Å². The van der Waals surface area contributed by atoms with Crippen LogP contribution in [0.1, 0.15) is 52.5 Å². The van der Waals surface area contributed by atoms with Crippen LogP contribution in [-0.4, -0.2) is 50.5 Å². The van der Waals surface area contributed by atoms with E-state index in [0.717, 1.165) is 18.4 Å². The van der Waals surface area contributed by atoms with Crippen molar-refractivity contribution in [3.8, 4) is 11.6 Å². The van der Waals surface area contributed by atoms with Gasteiger partial charge >= 0.3 is 5.97 Å². The van der Waals surface area contributed by atoms with Crippen LogP contribution < -0.4 is 9.47 Å². The van der Waals surface area contributed by atoms with Crippen molar-refractivity contribution in [2.75, 3.05) is 27.4 Å². The van der Waals surface area contributed by atoms with E-state index < -0.39 is 6.04 Å². The summed E-state index contributed by atoms with van der Waals surface area (Å²) in [7, 11) is 3.23. The van der Waals surface area contributed by atoms with Gasteiger partial charge in [-0.05, 0) is 54.2 Å². The number of cyclic esters (lactones) is 1. The van der Waals surface area contributed by atoms with Crippen LogP contribution in [0.3, 0.4) is 0 Å². The van der Waals surface area contributed by atoms with Crippen molar-refractivity contribution < 1.29 is 23.7 Å². The molecule has 0 bridgehead atoms. The highest BCUT2D eigenvalue weighted by molar-refractivity contribution is 5.75. The number of carbonyl (C=O) groups is 1. The molecule has 1 aliphatic heterocycles. The zero-order valence-corrected chi connectivity index (χ0v) is 20.7. The minimum Gasteiger partial charge on any atom is -0.488 e. The molecule has 2 rings (SSSR count). The maximum Gasteiger partial charge on any atom is 0.309 e. The average Bonchev–Trinajstić information content (AvgIpc) is 3.17. The number of ether oxygens (including phenoxy) is 4.